The molecule has 0 aromatic carbocycles. The number of ether oxygens (including phenoxy) is 3. The average molecular weight is 243 g/mol. The third-order valence-corrected chi connectivity index (χ3v) is 3.54. The number of nitrogens with zero attached hydrogens (tertiary/aromatic N) is 1. The number of hydrogen-bond donors (Lipinski definition) is 0. The van der Waals surface area contributed by atoms with Crippen molar-refractivity contribution in [2.24, 2.45) is 0 Å². The summed E-state index contributed by atoms with van der Waals surface area (Å²) in [6.45, 7) is 6.88. The lowest BCUT2D eigenvalue weighted by atomic mass is 9.91. The molecule has 1 unspecified atom stereocenters. The zero-order valence-corrected chi connectivity index (χ0v) is 10.4. The molecule has 0 bridgehead atoms. The molecular weight excluding hydrogens is 222 g/mol. The largest absolute Gasteiger partial charge is 0.466 e. The Balaban J connectivity index is 2.00. The highest BCUT2D eigenvalue weighted by Crippen LogP contribution is 2.30. The summed E-state index contributed by atoms with van der Waals surface area (Å²) in [5, 5.41) is 0. The molecule has 2 heterocycles. The Hall–Kier alpha value is -0.650. The first-order valence-electron chi connectivity index (χ1n) is 6.33. The summed E-state index contributed by atoms with van der Waals surface area (Å²) in [6.07, 6.45) is 1.34. The number of hydrogen-bond acceptors (Lipinski definition) is 5. The molecule has 0 aromatic rings. The van der Waals surface area contributed by atoms with Gasteiger partial charge in [-0.15, -0.1) is 0 Å². The number of esters is 1. The van der Waals surface area contributed by atoms with Crippen LogP contribution < -0.4 is 0 Å². The van der Waals surface area contributed by atoms with Crippen LogP contribution in [0.3, 0.4) is 0 Å². The fourth-order valence-electron chi connectivity index (χ4n) is 2.62. The number of morpholine rings is 1. The van der Waals surface area contributed by atoms with Gasteiger partial charge in [0.15, 0.2) is 0 Å². The topological polar surface area (TPSA) is 48.0 Å². The summed E-state index contributed by atoms with van der Waals surface area (Å²) < 4.78 is 15.9. The summed E-state index contributed by atoms with van der Waals surface area (Å²) in [5.74, 6) is -0.121. The monoisotopic (exact) mass is 243 g/mol. The summed E-state index contributed by atoms with van der Waals surface area (Å²) in [7, 11) is 0. The lowest BCUT2D eigenvalue weighted by molar-refractivity contribution is -0.148. The molecule has 0 aromatic heterocycles. The second-order valence-electron chi connectivity index (χ2n) is 4.61. The number of rotatable bonds is 4. The van der Waals surface area contributed by atoms with Crippen LogP contribution in [0.5, 0.6) is 0 Å². The molecule has 0 N–H and O–H groups in total. The minimum atomic E-state index is -0.157. The van der Waals surface area contributed by atoms with Gasteiger partial charge < -0.3 is 14.2 Å². The van der Waals surface area contributed by atoms with Crippen LogP contribution in [0.25, 0.3) is 0 Å². The van der Waals surface area contributed by atoms with Crippen molar-refractivity contribution in [3.05, 3.63) is 0 Å². The minimum Gasteiger partial charge on any atom is -0.466 e. The predicted octanol–water partition coefficient (Wildman–Crippen LogP) is 0.431. The van der Waals surface area contributed by atoms with E-state index in [0.717, 1.165) is 39.3 Å². The van der Waals surface area contributed by atoms with Crippen molar-refractivity contribution >= 4 is 5.97 Å². The van der Waals surface area contributed by atoms with Gasteiger partial charge >= 0.3 is 5.97 Å². The van der Waals surface area contributed by atoms with Gasteiger partial charge in [-0.25, -0.2) is 0 Å². The lowest BCUT2D eigenvalue weighted by Gasteiger charge is -2.41. The summed E-state index contributed by atoms with van der Waals surface area (Å²) >= 11 is 0. The molecule has 1 atom stereocenters. The van der Waals surface area contributed by atoms with Crippen LogP contribution in [0.4, 0.5) is 0 Å². The van der Waals surface area contributed by atoms with E-state index in [9.17, 15) is 4.79 Å². The third kappa shape index (κ3) is 2.97. The Morgan fingerprint density at radius 1 is 1.29 bits per heavy atom. The zero-order chi connectivity index (χ0) is 12.1. The van der Waals surface area contributed by atoms with Crippen molar-refractivity contribution < 1.29 is 19.0 Å². The highest BCUT2D eigenvalue weighted by atomic mass is 16.5. The standard InChI is InChI=1S/C12H21NO4/c1-2-17-11(14)9-12(3-6-16-10-12)13-4-7-15-8-5-13/h2-10H2,1H3. The van der Waals surface area contributed by atoms with Gasteiger partial charge in [-0.2, -0.15) is 0 Å². The van der Waals surface area contributed by atoms with Gasteiger partial charge in [0.2, 0.25) is 0 Å². The molecule has 98 valence electrons. The second-order valence-corrected chi connectivity index (χ2v) is 4.61. The molecule has 2 saturated heterocycles. The van der Waals surface area contributed by atoms with Crippen LogP contribution in [0.1, 0.15) is 19.8 Å². The van der Waals surface area contributed by atoms with E-state index in [-0.39, 0.29) is 11.5 Å². The summed E-state index contributed by atoms with van der Waals surface area (Å²) in [5.41, 5.74) is -0.157. The van der Waals surface area contributed by atoms with Crippen molar-refractivity contribution in [1.82, 2.24) is 4.90 Å². The van der Waals surface area contributed by atoms with Gasteiger partial charge in [0.25, 0.3) is 0 Å². The lowest BCUT2D eigenvalue weighted by Crippen LogP contribution is -2.55. The maximum atomic E-state index is 11.7. The fraction of sp³-hybridized carbons (Fsp3) is 0.917. The molecule has 5 heteroatoms. The molecule has 17 heavy (non-hydrogen) atoms. The van der Waals surface area contributed by atoms with Crippen molar-refractivity contribution in [3.8, 4) is 0 Å². The minimum absolute atomic E-state index is 0.121. The molecule has 2 fully saturated rings. The van der Waals surface area contributed by atoms with E-state index < -0.39 is 0 Å². The molecule has 5 nitrogen and oxygen atoms in total. The first kappa shape index (κ1) is 12.8. The molecular formula is C12H21NO4. The summed E-state index contributed by atoms with van der Waals surface area (Å²) in [6, 6.07) is 0. The highest BCUT2D eigenvalue weighted by molar-refractivity contribution is 5.71. The Morgan fingerprint density at radius 2 is 2.06 bits per heavy atom. The van der Waals surface area contributed by atoms with E-state index in [2.05, 4.69) is 4.90 Å². The SMILES string of the molecule is CCOC(=O)CC1(N2CCOCC2)CCOC1. The fourth-order valence-corrected chi connectivity index (χ4v) is 2.62. The molecule has 2 rings (SSSR count). The molecule has 2 aliphatic rings. The van der Waals surface area contributed by atoms with Gasteiger partial charge in [-0.05, 0) is 13.3 Å². The maximum absolute atomic E-state index is 11.7. The maximum Gasteiger partial charge on any atom is 0.307 e. The Bertz CT molecular complexity index is 257. The van der Waals surface area contributed by atoms with E-state index >= 15 is 0 Å². The molecule has 0 saturated carbocycles. The van der Waals surface area contributed by atoms with Crippen LogP contribution >= 0.6 is 0 Å². The van der Waals surface area contributed by atoms with Crippen LogP contribution in [0, 0.1) is 0 Å². The van der Waals surface area contributed by atoms with E-state index in [4.69, 9.17) is 14.2 Å². The van der Waals surface area contributed by atoms with E-state index in [1.807, 2.05) is 6.92 Å². The van der Waals surface area contributed by atoms with Crippen molar-refractivity contribution in [2.75, 3.05) is 46.1 Å². The van der Waals surface area contributed by atoms with Crippen LogP contribution in [0.15, 0.2) is 0 Å². The molecule has 2 aliphatic heterocycles. The highest BCUT2D eigenvalue weighted by Gasteiger charge is 2.43. The van der Waals surface area contributed by atoms with Gasteiger partial charge in [-0.3, -0.25) is 9.69 Å². The van der Waals surface area contributed by atoms with Crippen molar-refractivity contribution in [1.29, 1.82) is 0 Å². The van der Waals surface area contributed by atoms with E-state index in [1.54, 1.807) is 0 Å². The van der Waals surface area contributed by atoms with Gasteiger partial charge in [0, 0.05) is 19.7 Å². The van der Waals surface area contributed by atoms with E-state index in [0.29, 0.717) is 19.6 Å². The molecule has 0 aliphatic carbocycles. The normalized spacial score (nSPS) is 30.4. The van der Waals surface area contributed by atoms with Gasteiger partial charge in [-0.1, -0.05) is 0 Å². The number of carbonyl (C=O) groups excluding carboxylic acids is 1. The third-order valence-electron chi connectivity index (χ3n) is 3.54. The zero-order valence-electron chi connectivity index (χ0n) is 10.4. The Morgan fingerprint density at radius 3 is 2.65 bits per heavy atom. The molecule has 0 spiro atoms. The second kappa shape index (κ2) is 5.80. The summed E-state index contributed by atoms with van der Waals surface area (Å²) in [4.78, 5) is 14.0. The van der Waals surface area contributed by atoms with Gasteiger partial charge in [0.05, 0.1) is 38.4 Å². The average Bonchev–Trinajstić information content (AvgIpc) is 2.80. The molecule has 0 radical (unpaired) electrons. The number of carbonyl (C=O) groups is 1. The van der Waals surface area contributed by atoms with Crippen LogP contribution in [-0.2, 0) is 19.0 Å². The van der Waals surface area contributed by atoms with Crippen molar-refractivity contribution in [2.45, 2.75) is 25.3 Å². The van der Waals surface area contributed by atoms with Crippen LogP contribution in [-0.4, -0.2) is 62.5 Å². The molecule has 0 amide bonds. The quantitative estimate of drug-likeness (QED) is 0.670. The van der Waals surface area contributed by atoms with Gasteiger partial charge in [0.1, 0.15) is 0 Å². The Kier molecular flexibility index (Phi) is 4.36. The smallest absolute Gasteiger partial charge is 0.307 e. The van der Waals surface area contributed by atoms with Crippen LogP contribution in [0.2, 0.25) is 0 Å². The Labute approximate surface area is 102 Å². The first-order chi connectivity index (χ1) is 8.27. The van der Waals surface area contributed by atoms with E-state index in [1.165, 1.54) is 0 Å². The van der Waals surface area contributed by atoms with Crippen molar-refractivity contribution in [3.63, 3.8) is 0 Å². The predicted molar refractivity (Wildman–Crippen MR) is 61.8 cm³/mol. The first-order valence-corrected chi connectivity index (χ1v) is 6.33.